The lowest BCUT2D eigenvalue weighted by atomic mass is 10.2. The fourth-order valence-corrected chi connectivity index (χ4v) is 3.90. The molecule has 0 atom stereocenters. The molecule has 3 rings (SSSR count). The van der Waals surface area contributed by atoms with Crippen molar-refractivity contribution in [1.82, 2.24) is 5.32 Å². The minimum Gasteiger partial charge on any atom is -0.495 e. The first kappa shape index (κ1) is 22.8. The number of benzene rings is 3. The molecule has 0 bridgehead atoms. The Bertz CT molecular complexity index is 1250. The number of para-hydroxylation sites is 2. The Morgan fingerprint density at radius 3 is 2.44 bits per heavy atom. The number of anilines is 2. The molecule has 0 aliphatic carbocycles. The Labute approximate surface area is 184 Å². The van der Waals surface area contributed by atoms with Crippen molar-refractivity contribution in [1.29, 1.82) is 0 Å². The fraction of sp³-hybridized carbons (Fsp3) is 0.0909. The molecule has 0 aliphatic rings. The molecule has 166 valence electrons. The van der Waals surface area contributed by atoms with Gasteiger partial charge < -0.3 is 15.4 Å². The van der Waals surface area contributed by atoms with Crippen LogP contribution < -0.4 is 20.1 Å². The number of carbonyl (C=O) groups is 2. The highest BCUT2D eigenvalue weighted by Gasteiger charge is 2.18. The molecule has 0 fully saturated rings. The number of methoxy groups -OCH3 is 1. The van der Waals surface area contributed by atoms with Gasteiger partial charge >= 0.3 is 0 Å². The van der Waals surface area contributed by atoms with Gasteiger partial charge in [0.15, 0.2) is 0 Å². The van der Waals surface area contributed by atoms with Crippen molar-refractivity contribution in [3.63, 3.8) is 0 Å². The van der Waals surface area contributed by atoms with Gasteiger partial charge in [-0.05, 0) is 42.5 Å². The molecular weight excluding hydrogens is 437 g/mol. The predicted molar refractivity (Wildman–Crippen MR) is 118 cm³/mol. The summed E-state index contributed by atoms with van der Waals surface area (Å²) in [4.78, 5) is 24.1. The molecule has 0 radical (unpaired) electrons. The summed E-state index contributed by atoms with van der Waals surface area (Å²) in [5.41, 5.74) is 0.286. The van der Waals surface area contributed by atoms with Gasteiger partial charge in [0.1, 0.15) is 11.6 Å². The van der Waals surface area contributed by atoms with E-state index < -0.39 is 34.2 Å². The second-order valence-corrected chi connectivity index (χ2v) is 8.23. The van der Waals surface area contributed by atoms with Crippen LogP contribution in [-0.2, 0) is 14.8 Å². The van der Waals surface area contributed by atoms with E-state index in [2.05, 4.69) is 15.4 Å². The second kappa shape index (κ2) is 9.92. The van der Waals surface area contributed by atoms with Gasteiger partial charge in [0.05, 0.1) is 29.8 Å². The average Bonchev–Trinajstić information content (AvgIpc) is 2.78. The summed E-state index contributed by atoms with van der Waals surface area (Å²) in [5, 5.41) is 4.81. The van der Waals surface area contributed by atoms with E-state index in [1.54, 1.807) is 24.3 Å². The Morgan fingerprint density at radius 1 is 0.969 bits per heavy atom. The third-order valence-electron chi connectivity index (χ3n) is 4.31. The number of carbonyl (C=O) groups excluding carboxylic acids is 2. The monoisotopic (exact) mass is 457 g/mol. The van der Waals surface area contributed by atoms with E-state index in [-0.39, 0.29) is 21.8 Å². The van der Waals surface area contributed by atoms with Crippen LogP contribution in [0.5, 0.6) is 5.75 Å². The van der Waals surface area contributed by atoms with Crippen molar-refractivity contribution in [2.24, 2.45) is 0 Å². The Balaban J connectivity index is 1.66. The summed E-state index contributed by atoms with van der Waals surface area (Å²) in [5.74, 6) is -1.70. The zero-order valence-corrected chi connectivity index (χ0v) is 17.8. The number of hydrogen-bond donors (Lipinski definition) is 3. The Hall–Kier alpha value is -3.92. The van der Waals surface area contributed by atoms with Crippen molar-refractivity contribution >= 4 is 33.2 Å². The molecule has 3 aromatic carbocycles. The molecule has 8 nitrogen and oxygen atoms in total. The first-order valence-electron chi connectivity index (χ1n) is 9.38. The van der Waals surface area contributed by atoms with E-state index in [0.717, 1.165) is 6.07 Å². The molecule has 10 heteroatoms. The van der Waals surface area contributed by atoms with Crippen LogP contribution >= 0.6 is 0 Å². The van der Waals surface area contributed by atoms with Gasteiger partial charge in [-0.2, -0.15) is 0 Å². The second-order valence-electron chi connectivity index (χ2n) is 6.54. The highest BCUT2D eigenvalue weighted by Crippen LogP contribution is 2.26. The Morgan fingerprint density at radius 2 is 1.69 bits per heavy atom. The summed E-state index contributed by atoms with van der Waals surface area (Å²) >= 11 is 0. The van der Waals surface area contributed by atoms with Gasteiger partial charge in [-0.25, -0.2) is 12.8 Å². The minimum atomic E-state index is -3.96. The summed E-state index contributed by atoms with van der Waals surface area (Å²) < 4.78 is 46.7. The van der Waals surface area contributed by atoms with E-state index in [1.807, 2.05) is 0 Å². The van der Waals surface area contributed by atoms with Gasteiger partial charge in [0.25, 0.3) is 15.9 Å². The summed E-state index contributed by atoms with van der Waals surface area (Å²) in [7, 11) is -2.54. The quantitative estimate of drug-likeness (QED) is 0.481. The van der Waals surface area contributed by atoms with Crippen molar-refractivity contribution < 1.29 is 27.1 Å². The predicted octanol–water partition coefficient (Wildman–Crippen LogP) is 3.00. The molecule has 0 heterocycles. The van der Waals surface area contributed by atoms with Crippen LogP contribution in [0.4, 0.5) is 15.8 Å². The third kappa shape index (κ3) is 5.61. The number of amides is 2. The maximum absolute atomic E-state index is 13.6. The molecule has 0 saturated heterocycles. The van der Waals surface area contributed by atoms with Gasteiger partial charge in [-0.3, -0.25) is 14.3 Å². The average molecular weight is 457 g/mol. The summed E-state index contributed by atoms with van der Waals surface area (Å²) in [6.07, 6.45) is 0. The first-order valence-corrected chi connectivity index (χ1v) is 10.9. The van der Waals surface area contributed by atoms with Crippen molar-refractivity contribution in [3.8, 4) is 5.75 Å². The lowest BCUT2D eigenvalue weighted by molar-refractivity contribution is -0.115. The number of halogens is 1. The molecule has 32 heavy (non-hydrogen) atoms. The molecule has 0 saturated carbocycles. The smallest absolute Gasteiger partial charge is 0.262 e. The minimum absolute atomic E-state index is 0.0865. The topological polar surface area (TPSA) is 114 Å². The fourth-order valence-electron chi connectivity index (χ4n) is 2.78. The van der Waals surface area contributed by atoms with Crippen LogP contribution in [0.15, 0.2) is 77.7 Å². The lowest BCUT2D eigenvalue weighted by Gasteiger charge is -2.13. The van der Waals surface area contributed by atoms with Crippen molar-refractivity contribution in [3.05, 3.63) is 84.2 Å². The molecule has 0 aromatic heterocycles. The van der Waals surface area contributed by atoms with E-state index in [0.29, 0.717) is 5.75 Å². The number of ether oxygens (including phenoxy) is 1. The van der Waals surface area contributed by atoms with Gasteiger partial charge in [-0.15, -0.1) is 0 Å². The highest BCUT2D eigenvalue weighted by atomic mass is 32.2. The van der Waals surface area contributed by atoms with Crippen molar-refractivity contribution in [2.75, 3.05) is 23.7 Å². The molecule has 3 aromatic rings. The van der Waals surface area contributed by atoms with E-state index >= 15 is 0 Å². The standard InChI is InChI=1S/C22H20FN3O5S/c1-31-20-12-5-4-11-19(20)26-32(29,30)16-8-6-7-15(13-16)25-21(27)14-24-22(28)17-9-2-3-10-18(17)23/h2-13,26H,14H2,1H3,(H,24,28)(H,25,27). The Kier molecular flexibility index (Phi) is 7.06. The van der Waals surface area contributed by atoms with Gasteiger partial charge in [-0.1, -0.05) is 30.3 Å². The number of rotatable bonds is 8. The van der Waals surface area contributed by atoms with Crippen LogP contribution in [-0.4, -0.2) is 33.9 Å². The van der Waals surface area contributed by atoms with Crippen LogP contribution in [0.3, 0.4) is 0 Å². The maximum Gasteiger partial charge on any atom is 0.262 e. The molecule has 0 aliphatic heterocycles. The first-order chi connectivity index (χ1) is 15.3. The normalized spacial score (nSPS) is 10.8. The maximum atomic E-state index is 13.6. The highest BCUT2D eigenvalue weighted by molar-refractivity contribution is 7.92. The van der Waals surface area contributed by atoms with Crippen LogP contribution in [0.25, 0.3) is 0 Å². The van der Waals surface area contributed by atoms with Crippen molar-refractivity contribution in [2.45, 2.75) is 4.90 Å². The van der Waals surface area contributed by atoms with Crippen LogP contribution in [0.2, 0.25) is 0 Å². The largest absolute Gasteiger partial charge is 0.495 e. The molecular formula is C22H20FN3O5S. The van der Waals surface area contributed by atoms with E-state index in [1.165, 1.54) is 49.6 Å². The molecule has 3 N–H and O–H groups in total. The van der Waals surface area contributed by atoms with E-state index in [4.69, 9.17) is 4.74 Å². The molecule has 0 unspecified atom stereocenters. The summed E-state index contributed by atoms with van der Waals surface area (Å²) in [6.45, 7) is -0.427. The third-order valence-corrected chi connectivity index (χ3v) is 5.67. The molecule has 0 spiro atoms. The van der Waals surface area contributed by atoms with Gasteiger partial charge in [0.2, 0.25) is 5.91 Å². The number of hydrogen-bond acceptors (Lipinski definition) is 5. The van der Waals surface area contributed by atoms with Crippen LogP contribution in [0, 0.1) is 5.82 Å². The lowest BCUT2D eigenvalue weighted by Crippen LogP contribution is -2.33. The van der Waals surface area contributed by atoms with Gasteiger partial charge in [0, 0.05) is 5.69 Å². The van der Waals surface area contributed by atoms with E-state index in [9.17, 15) is 22.4 Å². The van der Waals surface area contributed by atoms with Crippen LogP contribution in [0.1, 0.15) is 10.4 Å². The summed E-state index contributed by atoms with van der Waals surface area (Å²) in [6, 6.07) is 17.5. The number of nitrogens with one attached hydrogen (secondary N) is 3. The SMILES string of the molecule is COc1ccccc1NS(=O)(=O)c1cccc(NC(=O)CNC(=O)c2ccccc2F)c1. The zero-order chi connectivity index (χ0) is 23.1. The zero-order valence-electron chi connectivity index (χ0n) is 17.0. The molecule has 2 amide bonds. The number of sulfonamides is 1.